The highest BCUT2D eigenvalue weighted by Gasteiger charge is 2.80. The van der Waals surface area contributed by atoms with Gasteiger partial charge in [0.15, 0.2) is 47.3 Å². The van der Waals surface area contributed by atoms with Crippen molar-refractivity contribution < 1.29 is 77.7 Å². The number of nitrogens with zero attached hydrogens (tertiary/aromatic N) is 16. The van der Waals surface area contributed by atoms with Gasteiger partial charge in [0.25, 0.3) is 0 Å². The van der Waals surface area contributed by atoms with Crippen LogP contribution in [0.5, 0.6) is 23.0 Å². The predicted octanol–water partition coefficient (Wildman–Crippen LogP) is -1.25. The fraction of sp³-hybridized carbons (Fsp3) is 0.600. The molecule has 11 fully saturated rings. The van der Waals surface area contributed by atoms with E-state index in [2.05, 4.69) is 0 Å². The molecule has 16 amide bonds. The lowest BCUT2D eigenvalue weighted by atomic mass is 9.95. The molecule has 0 bridgehead atoms. The number of rotatable bonds is 12. The average molecular weight is 1140 g/mol. The fourth-order valence-electron chi connectivity index (χ4n) is 15.8. The second-order valence-corrected chi connectivity index (χ2v) is 23.0. The zero-order valence-electron chi connectivity index (χ0n) is 45.2. The molecule has 0 spiro atoms. The summed E-state index contributed by atoms with van der Waals surface area (Å²) in [5.74, 6) is 1.36. The van der Waals surface area contributed by atoms with Crippen LogP contribution in [0.2, 0.25) is 0 Å². The Kier molecular flexibility index (Phi) is 10.3. The predicted molar refractivity (Wildman–Crippen MR) is 269 cm³/mol. The molecule has 0 radical (unpaired) electrons. The third-order valence-electron chi connectivity index (χ3n) is 20.0. The topological polar surface area (TPSA) is 306 Å². The second kappa shape index (κ2) is 16.6. The maximum absolute atomic E-state index is 15.4. The second-order valence-electron chi connectivity index (χ2n) is 23.0. The minimum Gasteiger partial charge on any atom is -0.491 e. The van der Waals surface area contributed by atoms with Gasteiger partial charge in [-0.1, -0.05) is 0 Å². The van der Waals surface area contributed by atoms with Gasteiger partial charge in [0.1, 0.15) is 89.4 Å². The molecule has 0 atom stereocenters. The van der Waals surface area contributed by atoms with Crippen LogP contribution in [0.1, 0.15) is 49.9 Å². The monoisotopic (exact) mass is 1140 g/mol. The molecule has 436 valence electrons. The third-order valence-corrected chi connectivity index (χ3v) is 20.0. The molecule has 0 unspecified atom stereocenters. The molecule has 13 aliphatic rings. The van der Waals surface area contributed by atoms with Crippen LogP contribution in [-0.2, 0) is 26.2 Å². The van der Waals surface area contributed by atoms with Crippen molar-refractivity contribution in [3.63, 3.8) is 0 Å². The molecule has 11 saturated heterocycles. The number of ether oxygens (including phenoxy) is 4. The van der Waals surface area contributed by atoms with E-state index in [-0.39, 0.29) is 79.0 Å². The summed E-state index contributed by atoms with van der Waals surface area (Å²) in [7, 11) is 0. The Balaban J connectivity index is 0.785. The highest BCUT2D eigenvalue weighted by molar-refractivity contribution is 5.94. The number of carbonyl (C=O) groups excluding carboxylic acids is 8. The smallest absolute Gasteiger partial charge is 0.326 e. The van der Waals surface area contributed by atoms with Crippen LogP contribution in [0.4, 0.5) is 38.4 Å². The van der Waals surface area contributed by atoms with E-state index in [1.165, 1.54) is 78.4 Å². The van der Waals surface area contributed by atoms with E-state index in [1.54, 1.807) is 52.0 Å². The van der Waals surface area contributed by atoms with Crippen LogP contribution in [0.15, 0.2) is 24.3 Å². The van der Waals surface area contributed by atoms with Crippen LogP contribution in [0, 0.1) is 0 Å². The van der Waals surface area contributed by atoms with Crippen molar-refractivity contribution in [1.82, 2.24) is 78.4 Å². The van der Waals surface area contributed by atoms with Gasteiger partial charge in [-0.15, -0.1) is 0 Å². The normalized spacial score (nSPS) is 32.3. The molecule has 13 heterocycles. The largest absolute Gasteiger partial charge is 0.491 e. The highest BCUT2D eigenvalue weighted by Crippen LogP contribution is 2.59. The summed E-state index contributed by atoms with van der Waals surface area (Å²) in [5.41, 5.74) is -4.03. The first-order valence-electron chi connectivity index (χ1n) is 27.3. The van der Waals surface area contributed by atoms with Crippen LogP contribution < -0.4 is 18.9 Å². The number of carbonyl (C=O) groups is 8. The Morgan fingerprint density at radius 3 is 0.732 bits per heavy atom. The molecule has 13 aliphatic heterocycles. The number of benzene rings is 2. The van der Waals surface area contributed by atoms with E-state index in [0.29, 0.717) is 45.3 Å². The summed E-state index contributed by atoms with van der Waals surface area (Å²) in [6, 6.07) is 1.78. The minimum absolute atomic E-state index is 0.0705. The van der Waals surface area contributed by atoms with Gasteiger partial charge in [-0.25, -0.2) is 38.4 Å². The number of fused-ring (bicyclic) bond motifs is 2. The molecule has 0 aliphatic carbocycles. The summed E-state index contributed by atoms with van der Waals surface area (Å²) >= 11 is 0. The lowest BCUT2D eigenvalue weighted by Crippen LogP contribution is -2.69. The number of hydrogen-bond acceptors (Lipinski definition) is 16. The van der Waals surface area contributed by atoms with E-state index in [9.17, 15) is 20.4 Å². The van der Waals surface area contributed by atoms with Gasteiger partial charge in [-0.3, -0.25) is 78.4 Å². The Morgan fingerprint density at radius 2 is 0.524 bits per heavy atom. The van der Waals surface area contributed by atoms with Crippen molar-refractivity contribution >= 4 is 48.2 Å². The molecule has 2 aromatic carbocycles. The van der Waals surface area contributed by atoms with Gasteiger partial charge in [-0.05, 0) is 52.0 Å². The molecule has 2 aromatic rings. The molecule has 0 saturated carbocycles. The first-order chi connectivity index (χ1) is 39.4. The molecule has 82 heavy (non-hydrogen) atoms. The summed E-state index contributed by atoms with van der Waals surface area (Å²) in [5, 5.41) is 38.9. The van der Waals surface area contributed by atoms with E-state index >= 15 is 38.4 Å². The zero-order chi connectivity index (χ0) is 57.2. The van der Waals surface area contributed by atoms with Crippen molar-refractivity contribution in [3.8, 4) is 23.0 Å². The van der Waals surface area contributed by atoms with Crippen LogP contribution >= 0.6 is 0 Å². The highest BCUT2D eigenvalue weighted by atomic mass is 16.5. The van der Waals surface area contributed by atoms with Crippen molar-refractivity contribution in [3.05, 3.63) is 46.5 Å². The Bertz CT molecular complexity index is 2870. The van der Waals surface area contributed by atoms with Crippen molar-refractivity contribution in [1.29, 1.82) is 0 Å². The van der Waals surface area contributed by atoms with Gasteiger partial charge < -0.3 is 39.4 Å². The van der Waals surface area contributed by atoms with E-state index in [0.717, 1.165) is 0 Å². The fourth-order valence-corrected chi connectivity index (χ4v) is 15.8. The summed E-state index contributed by atoms with van der Waals surface area (Å²) < 4.78 is 23.9. The quantitative estimate of drug-likeness (QED) is 0.193. The molecular weight excluding hydrogens is 1080 g/mol. The van der Waals surface area contributed by atoms with Crippen molar-refractivity contribution in [2.24, 2.45) is 0 Å². The zero-order valence-corrected chi connectivity index (χ0v) is 45.2. The number of aliphatic hydroxyl groups excluding tert-OH is 4. The number of urea groups is 8. The van der Waals surface area contributed by atoms with Crippen molar-refractivity contribution in [2.75, 3.05) is 92.9 Å². The first kappa shape index (κ1) is 50.6. The molecule has 32 nitrogen and oxygen atoms in total. The molecule has 0 aromatic heterocycles. The first-order valence-corrected chi connectivity index (χ1v) is 27.3. The van der Waals surface area contributed by atoms with Crippen LogP contribution in [0.25, 0.3) is 0 Å². The molecule has 4 N–H and O–H groups in total. The van der Waals surface area contributed by atoms with Crippen LogP contribution in [-0.4, -0.2) is 287 Å². The Hall–Kier alpha value is -8.36. The van der Waals surface area contributed by atoms with E-state index in [1.807, 2.05) is 0 Å². The van der Waals surface area contributed by atoms with Gasteiger partial charge >= 0.3 is 48.2 Å². The van der Waals surface area contributed by atoms with E-state index in [4.69, 9.17) is 18.9 Å². The standard InChI is InChI=1S/C50H60N16O16/c1-47-49(3)63-23-55-37-35-51(39(55)71)21-53-36-38-57(41(53)73)25-65-45(77)61-19-29-30(34(82-16-12-70)8-7-33(29)81-15-11-69)20-62-46(78)66(50(65,4)48(61,62)2)26-58(38)42(74)54(36)22-52(35)40(72)56(37)24-64(49)44(76)60(47)18-28-27(17-59(47)43(63)75)31(79-13-9-67)5-6-32(28)80-14-10-68/h5-8,35-38,67-70H,9-26H2,1-4H3/t35-,36+,37+,38-,47+,48-,49-,50+. The van der Waals surface area contributed by atoms with Gasteiger partial charge in [0, 0.05) is 22.3 Å². The van der Waals surface area contributed by atoms with Gasteiger partial charge in [0.2, 0.25) is 0 Å². The van der Waals surface area contributed by atoms with E-state index < -0.39 is 136 Å². The summed E-state index contributed by atoms with van der Waals surface area (Å²) in [6.45, 7) is 2.44. The maximum Gasteiger partial charge on any atom is 0.326 e. The number of aliphatic hydroxyl groups is 4. The Labute approximate surface area is 466 Å². The van der Waals surface area contributed by atoms with Gasteiger partial charge in [-0.2, -0.15) is 0 Å². The lowest BCUT2D eigenvalue weighted by molar-refractivity contribution is -0.0871. The lowest BCUT2D eigenvalue weighted by Gasteiger charge is -2.49. The minimum atomic E-state index is -1.56. The SMILES string of the molecule is C[C@]12N3Cc4c(OCCO)ccc(OCCO)c4CN1C(=O)N1CN4C(=O)N5CN6C(=O)N7CN8C(=O)N9Cc%10c(OCCO)ccc(OCCO)c%10CN%10C(=O)N(CN%11C(=O)N(CN%12C(=O)N(CN(C3=O)[C@]12C)[C@@H]4[C@H]%125)[C@@H]6[C@H]%117)[C@]8(C)[C@@]9%10C. The Morgan fingerprint density at radius 1 is 0.329 bits per heavy atom. The van der Waals surface area contributed by atoms with Gasteiger partial charge in [0.05, 0.1) is 52.6 Å². The third kappa shape index (κ3) is 5.65. The number of hydrogen-bond donors (Lipinski definition) is 4. The molecular formula is C50H60N16O16. The summed E-state index contributed by atoms with van der Waals surface area (Å²) in [6.07, 6.45) is -4.65. The number of amides is 16. The molecule has 15 rings (SSSR count). The average Bonchev–Trinajstić information content (AvgIpc) is 1.95. The summed E-state index contributed by atoms with van der Waals surface area (Å²) in [4.78, 5) is 146. The van der Waals surface area contributed by atoms with Crippen molar-refractivity contribution in [2.45, 2.75) is 101 Å². The van der Waals surface area contributed by atoms with Crippen LogP contribution in [0.3, 0.4) is 0 Å². The maximum atomic E-state index is 15.4. The molecule has 32 heteroatoms.